The molecule has 0 radical (unpaired) electrons. The van der Waals surface area contributed by atoms with Crippen molar-refractivity contribution in [3.63, 3.8) is 0 Å². The van der Waals surface area contributed by atoms with Crippen LogP contribution in [0.3, 0.4) is 0 Å². The first kappa shape index (κ1) is 32.2. The summed E-state index contributed by atoms with van der Waals surface area (Å²) in [5.74, 6) is -0.577. The molecule has 0 heterocycles. The summed E-state index contributed by atoms with van der Waals surface area (Å²) in [6.07, 6.45) is -0.0553. The summed E-state index contributed by atoms with van der Waals surface area (Å²) in [7, 11) is -3.67. The van der Waals surface area contributed by atoms with Gasteiger partial charge in [-0.2, -0.15) is 8.42 Å². The molecule has 0 fully saturated rings. The van der Waals surface area contributed by atoms with Crippen LogP contribution in [0.15, 0.2) is 42.5 Å². The molecule has 0 aliphatic rings. The highest BCUT2D eigenvalue weighted by molar-refractivity contribution is 7.85. The molecule has 0 aliphatic heterocycles. The van der Waals surface area contributed by atoms with E-state index in [-0.39, 0.29) is 23.9 Å². The maximum absolute atomic E-state index is 12.7. The van der Waals surface area contributed by atoms with Crippen molar-refractivity contribution >= 4 is 22.1 Å². The number of rotatable bonds is 7. The van der Waals surface area contributed by atoms with Crippen LogP contribution < -0.4 is 10.1 Å². The third-order valence-electron chi connectivity index (χ3n) is 4.72. The van der Waals surface area contributed by atoms with E-state index < -0.39 is 27.6 Å². The van der Waals surface area contributed by atoms with Crippen molar-refractivity contribution in [2.75, 3.05) is 12.8 Å². The van der Waals surface area contributed by atoms with Gasteiger partial charge in [-0.1, -0.05) is 23.8 Å². The molecule has 206 valence electrons. The van der Waals surface area contributed by atoms with Gasteiger partial charge in [-0.15, -0.1) is 0 Å². The molecule has 2 rings (SSSR count). The second-order valence-electron chi connectivity index (χ2n) is 10.8. The van der Waals surface area contributed by atoms with Crippen LogP contribution in [-0.2, 0) is 26.3 Å². The van der Waals surface area contributed by atoms with Gasteiger partial charge in [0.05, 0.1) is 23.3 Å². The van der Waals surface area contributed by atoms with Crippen molar-refractivity contribution < 1.29 is 37.1 Å². The maximum atomic E-state index is 12.7. The Morgan fingerprint density at radius 1 is 1.03 bits per heavy atom. The Bertz CT molecular complexity index is 1170. The van der Waals surface area contributed by atoms with Crippen LogP contribution in [0, 0.1) is 12.3 Å². The maximum Gasteiger partial charge on any atom is 0.343 e. The number of hydrogen-bond acceptors (Lipinski definition) is 8. The lowest BCUT2D eigenvalue weighted by molar-refractivity contribution is -0.154. The van der Waals surface area contributed by atoms with Crippen LogP contribution in [0.25, 0.3) is 0 Å². The minimum atomic E-state index is -3.67. The van der Waals surface area contributed by atoms with Crippen LogP contribution in [0.2, 0.25) is 0 Å². The molecule has 37 heavy (non-hydrogen) atoms. The molecule has 0 spiro atoms. The van der Waals surface area contributed by atoms with E-state index in [9.17, 15) is 23.1 Å². The molecular weight excluding hydrogens is 498 g/mol. The number of aliphatic hydroxyl groups is 1. The van der Waals surface area contributed by atoms with E-state index in [0.29, 0.717) is 29.5 Å². The van der Waals surface area contributed by atoms with Crippen molar-refractivity contribution in [2.24, 2.45) is 5.41 Å². The number of hydrogen-bond donors (Lipinski definition) is 3. The zero-order valence-corrected chi connectivity index (χ0v) is 23.6. The van der Waals surface area contributed by atoms with Gasteiger partial charge in [-0.05, 0) is 78.3 Å². The number of benzene rings is 2. The summed E-state index contributed by atoms with van der Waals surface area (Å²) in [4.78, 5) is 24.9. The van der Waals surface area contributed by atoms with Gasteiger partial charge in [0.1, 0.15) is 12.4 Å². The molecule has 0 saturated heterocycles. The third kappa shape index (κ3) is 13.4. The van der Waals surface area contributed by atoms with Gasteiger partial charge in [0, 0.05) is 17.6 Å². The molecule has 10 heteroatoms. The summed E-state index contributed by atoms with van der Waals surface area (Å²) in [6.45, 7) is 13.6. The largest absolute Gasteiger partial charge is 0.460 e. The van der Waals surface area contributed by atoms with Gasteiger partial charge >= 0.3 is 11.9 Å². The van der Waals surface area contributed by atoms with E-state index >= 15 is 0 Å². The molecule has 0 aromatic heterocycles. The van der Waals surface area contributed by atoms with E-state index in [0.717, 1.165) is 5.56 Å². The average Bonchev–Trinajstić information content (AvgIpc) is 2.74. The summed E-state index contributed by atoms with van der Waals surface area (Å²) >= 11 is 0. The lowest BCUT2D eigenvalue weighted by atomic mass is 9.97. The van der Waals surface area contributed by atoms with Crippen molar-refractivity contribution in [3.05, 3.63) is 64.7 Å². The summed E-state index contributed by atoms with van der Waals surface area (Å²) < 4.78 is 37.0. The monoisotopic (exact) mass is 537 g/mol. The molecule has 0 bridgehead atoms. The molecule has 0 aliphatic carbocycles. The highest BCUT2D eigenvalue weighted by Crippen LogP contribution is 2.27. The average molecular weight is 538 g/mol. The Balaban J connectivity index is 0.00000124. The summed E-state index contributed by atoms with van der Waals surface area (Å²) in [5, 5.41) is 13.9. The lowest BCUT2D eigenvalue weighted by Gasteiger charge is -2.23. The van der Waals surface area contributed by atoms with Crippen LogP contribution in [-0.4, -0.2) is 48.4 Å². The SMILES string of the molecule is CS(=O)(=O)O.Cc1cccc(C(=O)Oc2ccc(C(O)CNC(C)(C)C)cc2COC(=O)C(C)(C)C)c1. The molecule has 3 N–H and O–H groups in total. The minimum Gasteiger partial charge on any atom is -0.460 e. The number of aryl methyl sites for hydroxylation is 1. The fourth-order valence-corrected chi connectivity index (χ4v) is 2.83. The third-order valence-corrected chi connectivity index (χ3v) is 4.72. The summed E-state index contributed by atoms with van der Waals surface area (Å²) in [6, 6.07) is 12.2. The first-order valence-electron chi connectivity index (χ1n) is 11.7. The van der Waals surface area contributed by atoms with Crippen molar-refractivity contribution in [1.29, 1.82) is 0 Å². The summed E-state index contributed by atoms with van der Waals surface area (Å²) in [5.41, 5.74) is 1.72. The Morgan fingerprint density at radius 2 is 1.62 bits per heavy atom. The predicted molar refractivity (Wildman–Crippen MR) is 142 cm³/mol. The molecule has 9 nitrogen and oxygen atoms in total. The second kappa shape index (κ2) is 13.1. The fraction of sp³-hybridized carbons (Fsp3) is 0.481. The molecule has 1 unspecified atom stereocenters. The Hall–Kier alpha value is -2.79. The quantitative estimate of drug-likeness (QED) is 0.269. The molecular formula is C27H39NO8S. The van der Waals surface area contributed by atoms with Crippen molar-refractivity contribution in [3.8, 4) is 5.75 Å². The first-order chi connectivity index (χ1) is 16.8. The minimum absolute atomic E-state index is 0.0696. The van der Waals surface area contributed by atoms with Crippen molar-refractivity contribution in [2.45, 2.75) is 66.7 Å². The zero-order valence-electron chi connectivity index (χ0n) is 22.8. The van der Waals surface area contributed by atoms with Gasteiger partial charge in [-0.25, -0.2) is 4.79 Å². The van der Waals surface area contributed by atoms with Gasteiger partial charge in [0.2, 0.25) is 0 Å². The number of carbonyl (C=O) groups excluding carboxylic acids is 2. The van der Waals surface area contributed by atoms with E-state index in [1.807, 2.05) is 33.8 Å². The number of β-amino-alcohol motifs (C(OH)–C–C–N with tert-alkyl or cyclic N) is 1. The Labute approximate surface area is 219 Å². The highest BCUT2D eigenvalue weighted by atomic mass is 32.2. The topological polar surface area (TPSA) is 139 Å². The van der Waals surface area contributed by atoms with Gasteiger partial charge in [0.25, 0.3) is 10.1 Å². The molecule has 0 amide bonds. The number of aliphatic hydroxyl groups excluding tert-OH is 1. The normalized spacial score (nSPS) is 12.7. The zero-order chi connectivity index (χ0) is 28.6. The molecule has 1 atom stereocenters. The van der Waals surface area contributed by atoms with Crippen LogP contribution in [0.4, 0.5) is 0 Å². The predicted octanol–water partition coefficient (Wildman–Crippen LogP) is 4.23. The van der Waals surface area contributed by atoms with Crippen LogP contribution >= 0.6 is 0 Å². The first-order valence-corrected chi connectivity index (χ1v) is 13.6. The van der Waals surface area contributed by atoms with Crippen molar-refractivity contribution in [1.82, 2.24) is 5.32 Å². The Morgan fingerprint density at radius 3 is 2.14 bits per heavy atom. The number of ether oxygens (including phenoxy) is 2. The van der Waals surface area contributed by atoms with E-state index in [2.05, 4.69) is 5.32 Å². The van der Waals surface area contributed by atoms with Gasteiger partial charge in [0.15, 0.2) is 0 Å². The number of nitrogens with one attached hydrogen (secondary N) is 1. The van der Waals surface area contributed by atoms with Crippen LogP contribution in [0.5, 0.6) is 5.75 Å². The van der Waals surface area contributed by atoms with Gasteiger partial charge in [-0.3, -0.25) is 9.35 Å². The van der Waals surface area contributed by atoms with Gasteiger partial charge < -0.3 is 19.9 Å². The molecule has 0 saturated carbocycles. The smallest absolute Gasteiger partial charge is 0.343 e. The Kier molecular flexibility index (Phi) is 11.4. The number of esters is 2. The fourth-order valence-electron chi connectivity index (χ4n) is 2.83. The molecule has 2 aromatic rings. The standard InChI is InChI=1S/C26H35NO5.CH4O3S/c1-17-9-8-10-19(13-17)23(29)32-22-12-11-18(21(28)15-27-26(5,6)7)14-20(22)16-31-24(30)25(2,3)4;1-5(2,3)4/h8-14,21,27-28H,15-16H2,1-7H3;1H3,(H,2,3,4). The highest BCUT2D eigenvalue weighted by Gasteiger charge is 2.24. The van der Waals surface area contributed by atoms with E-state index in [1.54, 1.807) is 57.2 Å². The lowest BCUT2D eigenvalue weighted by Crippen LogP contribution is -2.38. The van der Waals surface area contributed by atoms with E-state index in [4.69, 9.17) is 14.0 Å². The second-order valence-corrected chi connectivity index (χ2v) is 12.3. The van der Waals surface area contributed by atoms with E-state index in [1.165, 1.54) is 0 Å². The molecule has 2 aromatic carbocycles. The van der Waals surface area contributed by atoms with Crippen LogP contribution in [0.1, 0.15) is 74.7 Å². The number of carbonyl (C=O) groups is 2.